The summed E-state index contributed by atoms with van der Waals surface area (Å²) in [6.45, 7) is 1.42. The van der Waals surface area contributed by atoms with Gasteiger partial charge in [-0.05, 0) is 49.1 Å². The van der Waals surface area contributed by atoms with E-state index in [0.717, 1.165) is 0 Å². The summed E-state index contributed by atoms with van der Waals surface area (Å²) in [5.74, 6) is -0.419. The van der Waals surface area contributed by atoms with Gasteiger partial charge in [0.2, 0.25) is 5.91 Å². The van der Waals surface area contributed by atoms with Crippen molar-refractivity contribution in [1.29, 1.82) is 0 Å². The molecular formula is C21H23ClFN3O2. The minimum Gasteiger partial charge on any atom is -0.356 e. The first-order valence-corrected chi connectivity index (χ1v) is 9.73. The lowest BCUT2D eigenvalue weighted by atomic mass is 9.96. The van der Waals surface area contributed by atoms with Crippen LogP contribution in [0.4, 0.5) is 14.9 Å². The van der Waals surface area contributed by atoms with Crippen molar-refractivity contribution >= 4 is 29.2 Å². The third-order valence-corrected chi connectivity index (χ3v) is 5.12. The van der Waals surface area contributed by atoms with Gasteiger partial charge in [-0.1, -0.05) is 35.9 Å². The number of hydrogen-bond donors (Lipinski definition) is 2. The Balaban J connectivity index is 1.41. The second-order valence-electron chi connectivity index (χ2n) is 6.83. The molecule has 0 radical (unpaired) electrons. The Morgan fingerprint density at radius 2 is 1.86 bits per heavy atom. The van der Waals surface area contributed by atoms with Crippen LogP contribution in [0.2, 0.25) is 5.02 Å². The highest BCUT2D eigenvalue weighted by atomic mass is 35.5. The normalized spacial score (nSPS) is 14.6. The second-order valence-corrected chi connectivity index (χ2v) is 7.27. The second kappa shape index (κ2) is 9.55. The SMILES string of the molecule is O=C(NCCc1ccccc1F)C1CCN(C(=O)Nc2cccc(Cl)c2)CC1. The number of urea groups is 1. The van der Waals surface area contributed by atoms with Crippen molar-refractivity contribution in [2.24, 2.45) is 5.92 Å². The molecule has 0 atom stereocenters. The maximum absolute atomic E-state index is 13.6. The quantitative estimate of drug-likeness (QED) is 0.790. The van der Waals surface area contributed by atoms with Gasteiger partial charge in [0, 0.05) is 36.3 Å². The number of amides is 3. The lowest BCUT2D eigenvalue weighted by molar-refractivity contribution is -0.126. The molecule has 0 spiro atoms. The summed E-state index contributed by atoms with van der Waals surface area (Å²) in [5.41, 5.74) is 1.24. The highest BCUT2D eigenvalue weighted by Gasteiger charge is 2.27. The van der Waals surface area contributed by atoms with Crippen LogP contribution in [0.25, 0.3) is 0 Å². The van der Waals surface area contributed by atoms with Crippen molar-refractivity contribution in [2.75, 3.05) is 25.0 Å². The van der Waals surface area contributed by atoms with Gasteiger partial charge in [0.05, 0.1) is 0 Å². The fourth-order valence-electron chi connectivity index (χ4n) is 3.28. The number of nitrogens with one attached hydrogen (secondary N) is 2. The number of likely N-dealkylation sites (tertiary alicyclic amines) is 1. The number of benzene rings is 2. The summed E-state index contributed by atoms with van der Waals surface area (Å²) in [7, 11) is 0. The van der Waals surface area contributed by atoms with Crippen molar-refractivity contribution < 1.29 is 14.0 Å². The van der Waals surface area contributed by atoms with Crippen LogP contribution in [-0.4, -0.2) is 36.5 Å². The van der Waals surface area contributed by atoms with Crippen molar-refractivity contribution in [1.82, 2.24) is 10.2 Å². The number of nitrogens with zero attached hydrogens (tertiary/aromatic N) is 1. The van der Waals surface area contributed by atoms with Gasteiger partial charge in [0.15, 0.2) is 0 Å². The minimum absolute atomic E-state index is 0.0359. The van der Waals surface area contributed by atoms with Crippen molar-refractivity contribution in [3.05, 3.63) is 64.9 Å². The molecule has 3 amide bonds. The summed E-state index contributed by atoms with van der Waals surface area (Å²) >= 11 is 5.93. The zero-order chi connectivity index (χ0) is 19.9. The summed E-state index contributed by atoms with van der Waals surface area (Å²) < 4.78 is 13.6. The number of rotatable bonds is 5. The molecule has 1 aliphatic rings. The molecule has 5 nitrogen and oxygen atoms in total. The highest BCUT2D eigenvalue weighted by Crippen LogP contribution is 2.20. The largest absolute Gasteiger partial charge is 0.356 e. The van der Waals surface area contributed by atoms with Crippen LogP contribution in [0.3, 0.4) is 0 Å². The van der Waals surface area contributed by atoms with E-state index in [9.17, 15) is 14.0 Å². The van der Waals surface area contributed by atoms with Crippen LogP contribution in [0.5, 0.6) is 0 Å². The van der Waals surface area contributed by atoms with Gasteiger partial charge in [0.1, 0.15) is 5.82 Å². The molecule has 2 N–H and O–H groups in total. The van der Waals surface area contributed by atoms with E-state index in [1.165, 1.54) is 6.07 Å². The van der Waals surface area contributed by atoms with Crippen LogP contribution < -0.4 is 10.6 Å². The molecule has 1 fully saturated rings. The third kappa shape index (κ3) is 5.45. The number of anilines is 1. The molecule has 1 aliphatic heterocycles. The average Bonchev–Trinajstić information content (AvgIpc) is 2.69. The predicted molar refractivity (Wildman–Crippen MR) is 108 cm³/mol. The molecule has 2 aromatic carbocycles. The standard InChI is InChI=1S/C21H23ClFN3O2/c22-17-5-3-6-18(14-17)25-21(28)26-12-9-16(10-13-26)20(27)24-11-8-15-4-1-2-7-19(15)23/h1-7,14,16H,8-13H2,(H,24,27)(H,25,28). The topological polar surface area (TPSA) is 61.4 Å². The molecule has 1 saturated heterocycles. The van der Waals surface area contributed by atoms with Gasteiger partial charge in [-0.15, -0.1) is 0 Å². The van der Waals surface area contributed by atoms with E-state index in [2.05, 4.69) is 10.6 Å². The zero-order valence-corrected chi connectivity index (χ0v) is 16.2. The van der Waals surface area contributed by atoms with Crippen LogP contribution in [-0.2, 0) is 11.2 Å². The number of halogens is 2. The van der Waals surface area contributed by atoms with E-state index in [0.29, 0.717) is 55.2 Å². The first-order valence-electron chi connectivity index (χ1n) is 9.35. The molecular weight excluding hydrogens is 381 g/mol. The van der Waals surface area contributed by atoms with E-state index in [1.54, 1.807) is 47.4 Å². The molecule has 7 heteroatoms. The van der Waals surface area contributed by atoms with Crippen LogP contribution in [0.1, 0.15) is 18.4 Å². The highest BCUT2D eigenvalue weighted by molar-refractivity contribution is 6.30. The molecule has 148 valence electrons. The Bertz CT molecular complexity index is 838. The van der Waals surface area contributed by atoms with E-state index >= 15 is 0 Å². The fourth-order valence-corrected chi connectivity index (χ4v) is 3.47. The summed E-state index contributed by atoms with van der Waals surface area (Å²) in [5, 5.41) is 6.26. The molecule has 0 bridgehead atoms. The zero-order valence-electron chi connectivity index (χ0n) is 15.5. The minimum atomic E-state index is -0.254. The van der Waals surface area contributed by atoms with Crippen molar-refractivity contribution in [3.8, 4) is 0 Å². The van der Waals surface area contributed by atoms with E-state index in [4.69, 9.17) is 11.6 Å². The van der Waals surface area contributed by atoms with Gasteiger partial charge in [0.25, 0.3) is 0 Å². The van der Waals surface area contributed by atoms with E-state index in [1.807, 2.05) is 0 Å². The molecule has 1 heterocycles. The smallest absolute Gasteiger partial charge is 0.321 e. The monoisotopic (exact) mass is 403 g/mol. The predicted octanol–water partition coefficient (Wildman–Crippen LogP) is 4.08. The lowest BCUT2D eigenvalue weighted by Gasteiger charge is -2.31. The third-order valence-electron chi connectivity index (χ3n) is 4.88. The molecule has 28 heavy (non-hydrogen) atoms. The maximum atomic E-state index is 13.6. The first kappa shape index (κ1) is 20.1. The number of carbonyl (C=O) groups excluding carboxylic acids is 2. The van der Waals surface area contributed by atoms with E-state index < -0.39 is 0 Å². The Morgan fingerprint density at radius 1 is 1.11 bits per heavy atom. The molecule has 0 aliphatic carbocycles. The van der Waals surface area contributed by atoms with Gasteiger partial charge in [-0.2, -0.15) is 0 Å². The van der Waals surface area contributed by atoms with E-state index in [-0.39, 0.29) is 23.7 Å². The summed E-state index contributed by atoms with van der Waals surface area (Å²) in [6, 6.07) is 13.4. The summed E-state index contributed by atoms with van der Waals surface area (Å²) in [4.78, 5) is 26.4. The van der Waals surface area contributed by atoms with Crippen LogP contribution in [0, 0.1) is 11.7 Å². The van der Waals surface area contributed by atoms with Gasteiger partial charge >= 0.3 is 6.03 Å². The van der Waals surface area contributed by atoms with Crippen molar-refractivity contribution in [3.63, 3.8) is 0 Å². The molecule has 0 unspecified atom stereocenters. The Morgan fingerprint density at radius 3 is 2.57 bits per heavy atom. The van der Waals surface area contributed by atoms with Gasteiger partial charge < -0.3 is 15.5 Å². The first-order chi connectivity index (χ1) is 13.5. The number of hydrogen-bond acceptors (Lipinski definition) is 2. The molecule has 2 aromatic rings. The fraction of sp³-hybridized carbons (Fsp3) is 0.333. The van der Waals surface area contributed by atoms with Crippen molar-refractivity contribution in [2.45, 2.75) is 19.3 Å². The number of piperidine rings is 1. The Labute approximate surface area is 168 Å². The van der Waals surface area contributed by atoms with Crippen LogP contribution in [0.15, 0.2) is 48.5 Å². The Kier molecular flexibility index (Phi) is 6.87. The number of carbonyl (C=O) groups is 2. The van der Waals surface area contributed by atoms with Gasteiger partial charge in [-0.25, -0.2) is 9.18 Å². The maximum Gasteiger partial charge on any atom is 0.321 e. The Hall–Kier alpha value is -2.60. The summed E-state index contributed by atoms with van der Waals surface area (Å²) in [6.07, 6.45) is 1.67. The lowest BCUT2D eigenvalue weighted by Crippen LogP contribution is -2.44. The molecule has 0 saturated carbocycles. The van der Waals surface area contributed by atoms with Gasteiger partial charge in [-0.3, -0.25) is 4.79 Å². The molecule has 0 aromatic heterocycles. The van der Waals surface area contributed by atoms with Crippen LogP contribution >= 0.6 is 11.6 Å². The average molecular weight is 404 g/mol. The molecule has 3 rings (SSSR count).